The first-order chi connectivity index (χ1) is 10.9. The summed E-state index contributed by atoms with van der Waals surface area (Å²) >= 11 is 5.98. The SMILES string of the molecule is Cc1cccc(C)c1C[C@@H](NC(=O)c1ccccc1Cl)C(=O)O. The van der Waals surface area contributed by atoms with Gasteiger partial charge in [-0.15, -0.1) is 0 Å². The number of carbonyl (C=O) groups is 2. The Morgan fingerprint density at radius 1 is 1.09 bits per heavy atom. The molecule has 2 rings (SSSR count). The number of carboxylic acids is 1. The van der Waals surface area contributed by atoms with Crippen molar-refractivity contribution in [1.82, 2.24) is 5.32 Å². The van der Waals surface area contributed by atoms with E-state index in [-0.39, 0.29) is 12.0 Å². The second kappa shape index (κ2) is 7.29. The predicted molar refractivity (Wildman–Crippen MR) is 90.0 cm³/mol. The number of carboxylic acid groups (broad SMARTS) is 1. The summed E-state index contributed by atoms with van der Waals surface area (Å²) < 4.78 is 0. The lowest BCUT2D eigenvalue weighted by atomic mass is 9.96. The van der Waals surface area contributed by atoms with Gasteiger partial charge in [0.05, 0.1) is 10.6 Å². The highest BCUT2D eigenvalue weighted by Gasteiger charge is 2.23. The van der Waals surface area contributed by atoms with Crippen molar-refractivity contribution in [2.24, 2.45) is 0 Å². The van der Waals surface area contributed by atoms with Gasteiger partial charge >= 0.3 is 5.97 Å². The molecule has 0 heterocycles. The number of aryl methyl sites for hydroxylation is 2. The zero-order chi connectivity index (χ0) is 17.0. The number of amides is 1. The van der Waals surface area contributed by atoms with Crippen molar-refractivity contribution in [3.8, 4) is 0 Å². The third-order valence-corrected chi connectivity index (χ3v) is 4.10. The smallest absolute Gasteiger partial charge is 0.326 e. The lowest BCUT2D eigenvalue weighted by molar-refractivity contribution is -0.139. The molecule has 2 N–H and O–H groups in total. The first-order valence-corrected chi connectivity index (χ1v) is 7.61. The summed E-state index contributed by atoms with van der Waals surface area (Å²) in [6.07, 6.45) is 0.226. The van der Waals surface area contributed by atoms with E-state index in [2.05, 4.69) is 5.32 Å². The Morgan fingerprint density at radius 3 is 2.26 bits per heavy atom. The molecule has 5 heteroatoms. The minimum absolute atomic E-state index is 0.226. The Morgan fingerprint density at radius 2 is 1.70 bits per heavy atom. The third-order valence-electron chi connectivity index (χ3n) is 3.77. The van der Waals surface area contributed by atoms with E-state index in [1.165, 1.54) is 0 Å². The van der Waals surface area contributed by atoms with Gasteiger partial charge in [-0.2, -0.15) is 0 Å². The number of nitrogens with one attached hydrogen (secondary N) is 1. The van der Waals surface area contributed by atoms with Crippen molar-refractivity contribution in [2.75, 3.05) is 0 Å². The van der Waals surface area contributed by atoms with Crippen LogP contribution >= 0.6 is 11.6 Å². The predicted octanol–water partition coefficient (Wildman–Crippen LogP) is 3.38. The van der Waals surface area contributed by atoms with Gasteiger partial charge in [0.2, 0.25) is 0 Å². The van der Waals surface area contributed by atoms with Gasteiger partial charge in [-0.3, -0.25) is 4.79 Å². The van der Waals surface area contributed by atoms with Crippen LogP contribution in [0.4, 0.5) is 0 Å². The molecule has 0 bridgehead atoms. The molecule has 0 fully saturated rings. The summed E-state index contributed by atoms with van der Waals surface area (Å²) in [5.74, 6) is -1.57. The Hall–Kier alpha value is -2.33. The third kappa shape index (κ3) is 4.11. The van der Waals surface area contributed by atoms with E-state index in [9.17, 15) is 14.7 Å². The molecule has 2 aromatic rings. The van der Waals surface area contributed by atoms with Gasteiger partial charge in [0, 0.05) is 6.42 Å². The van der Waals surface area contributed by atoms with Crippen LogP contribution in [-0.2, 0) is 11.2 Å². The summed E-state index contributed by atoms with van der Waals surface area (Å²) in [7, 11) is 0. The number of hydrogen-bond donors (Lipinski definition) is 2. The van der Waals surface area contributed by atoms with Gasteiger partial charge in [-0.25, -0.2) is 4.79 Å². The Kier molecular flexibility index (Phi) is 5.40. The van der Waals surface area contributed by atoms with Gasteiger partial charge in [-0.1, -0.05) is 41.9 Å². The van der Waals surface area contributed by atoms with Gasteiger partial charge in [0.15, 0.2) is 0 Å². The summed E-state index contributed by atoms with van der Waals surface area (Å²) in [4.78, 5) is 23.8. The summed E-state index contributed by atoms with van der Waals surface area (Å²) in [6, 6.07) is 11.3. The molecule has 2 aromatic carbocycles. The van der Waals surface area contributed by atoms with Crippen molar-refractivity contribution in [1.29, 1.82) is 0 Å². The van der Waals surface area contributed by atoms with E-state index in [0.717, 1.165) is 16.7 Å². The zero-order valence-electron chi connectivity index (χ0n) is 13.0. The number of carbonyl (C=O) groups excluding carboxylic acids is 1. The van der Waals surface area contributed by atoms with Crippen LogP contribution in [-0.4, -0.2) is 23.0 Å². The second-order valence-corrected chi connectivity index (χ2v) is 5.83. The summed E-state index contributed by atoms with van der Waals surface area (Å²) in [6.45, 7) is 3.86. The number of benzene rings is 2. The van der Waals surface area contributed by atoms with Crippen LogP contribution in [0.3, 0.4) is 0 Å². The van der Waals surface area contributed by atoms with Crippen molar-refractivity contribution in [2.45, 2.75) is 26.3 Å². The van der Waals surface area contributed by atoms with Gasteiger partial charge in [0.1, 0.15) is 6.04 Å². The fraction of sp³-hybridized carbons (Fsp3) is 0.222. The number of aliphatic carboxylic acids is 1. The quantitative estimate of drug-likeness (QED) is 0.882. The molecule has 0 aliphatic carbocycles. The molecule has 0 aliphatic heterocycles. The van der Waals surface area contributed by atoms with Crippen molar-refractivity contribution in [3.05, 3.63) is 69.7 Å². The monoisotopic (exact) mass is 331 g/mol. The molecule has 120 valence electrons. The average Bonchev–Trinajstić information content (AvgIpc) is 2.50. The van der Waals surface area contributed by atoms with Crippen LogP contribution in [0, 0.1) is 13.8 Å². The molecule has 1 amide bonds. The van der Waals surface area contributed by atoms with E-state index in [1.807, 2.05) is 32.0 Å². The first kappa shape index (κ1) is 17.0. The van der Waals surface area contributed by atoms with Gasteiger partial charge in [0.25, 0.3) is 5.91 Å². The maximum atomic E-state index is 12.3. The van der Waals surface area contributed by atoms with E-state index < -0.39 is 17.9 Å². The standard InChI is InChI=1S/C18H18ClNO3/c1-11-6-5-7-12(2)14(11)10-16(18(22)23)20-17(21)13-8-3-4-9-15(13)19/h3-9,16H,10H2,1-2H3,(H,20,21)(H,22,23)/t16-/m1/s1. The highest BCUT2D eigenvalue weighted by molar-refractivity contribution is 6.33. The number of halogens is 1. The Labute approximate surface area is 140 Å². The van der Waals surface area contributed by atoms with Crippen LogP contribution in [0.2, 0.25) is 5.02 Å². The molecule has 0 radical (unpaired) electrons. The Bertz CT molecular complexity index is 723. The summed E-state index contributed by atoms with van der Waals surface area (Å²) in [5.41, 5.74) is 3.20. The zero-order valence-corrected chi connectivity index (χ0v) is 13.7. The maximum Gasteiger partial charge on any atom is 0.326 e. The molecule has 0 spiro atoms. The molecule has 0 saturated heterocycles. The molecule has 23 heavy (non-hydrogen) atoms. The lowest BCUT2D eigenvalue weighted by Gasteiger charge is -2.18. The van der Waals surface area contributed by atoms with E-state index in [0.29, 0.717) is 5.02 Å². The minimum Gasteiger partial charge on any atom is -0.480 e. The molecule has 0 aliphatic rings. The molecule has 4 nitrogen and oxygen atoms in total. The molecule has 1 atom stereocenters. The van der Waals surface area contributed by atoms with E-state index >= 15 is 0 Å². The number of rotatable bonds is 5. The van der Waals surface area contributed by atoms with Crippen LogP contribution in [0.25, 0.3) is 0 Å². The lowest BCUT2D eigenvalue weighted by Crippen LogP contribution is -2.42. The van der Waals surface area contributed by atoms with Crippen LogP contribution in [0.15, 0.2) is 42.5 Å². The fourth-order valence-electron chi connectivity index (χ4n) is 2.46. The van der Waals surface area contributed by atoms with Crippen LogP contribution in [0.5, 0.6) is 0 Å². The van der Waals surface area contributed by atoms with Crippen molar-refractivity contribution < 1.29 is 14.7 Å². The highest BCUT2D eigenvalue weighted by Crippen LogP contribution is 2.17. The Balaban J connectivity index is 2.22. The topological polar surface area (TPSA) is 66.4 Å². The van der Waals surface area contributed by atoms with E-state index in [1.54, 1.807) is 24.3 Å². The van der Waals surface area contributed by atoms with Crippen LogP contribution < -0.4 is 5.32 Å². The fourth-order valence-corrected chi connectivity index (χ4v) is 2.68. The molecule has 0 unspecified atom stereocenters. The molecular weight excluding hydrogens is 314 g/mol. The number of hydrogen-bond acceptors (Lipinski definition) is 2. The minimum atomic E-state index is -1.08. The van der Waals surface area contributed by atoms with Crippen molar-refractivity contribution in [3.63, 3.8) is 0 Å². The maximum absolute atomic E-state index is 12.3. The van der Waals surface area contributed by atoms with Gasteiger partial charge in [-0.05, 0) is 42.7 Å². The molecular formula is C18H18ClNO3. The normalized spacial score (nSPS) is 11.8. The largest absolute Gasteiger partial charge is 0.480 e. The van der Waals surface area contributed by atoms with Crippen LogP contribution in [0.1, 0.15) is 27.0 Å². The average molecular weight is 332 g/mol. The second-order valence-electron chi connectivity index (χ2n) is 5.42. The van der Waals surface area contributed by atoms with E-state index in [4.69, 9.17) is 11.6 Å². The van der Waals surface area contributed by atoms with Gasteiger partial charge < -0.3 is 10.4 Å². The van der Waals surface area contributed by atoms with Crippen molar-refractivity contribution >= 4 is 23.5 Å². The first-order valence-electron chi connectivity index (χ1n) is 7.23. The molecule has 0 aromatic heterocycles. The molecule has 0 saturated carbocycles. The highest BCUT2D eigenvalue weighted by atomic mass is 35.5. The summed E-state index contributed by atoms with van der Waals surface area (Å²) in [5, 5.41) is 12.3.